The molecule has 0 saturated heterocycles. The van der Waals surface area contributed by atoms with Crippen molar-refractivity contribution in [2.45, 2.75) is 0 Å². The van der Waals surface area contributed by atoms with Crippen LogP contribution < -0.4 is 27.8 Å². The highest BCUT2D eigenvalue weighted by Gasteiger charge is 2.17. The Morgan fingerprint density at radius 2 is 1.58 bits per heavy atom. The maximum Gasteiger partial charge on any atom is 0.267 e. The van der Waals surface area contributed by atoms with Crippen molar-refractivity contribution in [1.29, 1.82) is 0 Å². The van der Waals surface area contributed by atoms with Crippen molar-refractivity contribution >= 4 is 29.2 Å². The van der Waals surface area contributed by atoms with Crippen LogP contribution in [0.4, 0.5) is 11.5 Å². The molecule has 0 bridgehead atoms. The molecule has 0 aliphatic heterocycles. The molecule has 9 heteroatoms. The number of nitrogens with zero attached hydrogens (tertiary/aromatic N) is 2. The monoisotopic (exact) mass is 266 g/mol. The zero-order valence-corrected chi connectivity index (χ0v) is 10.00. The second kappa shape index (κ2) is 5.67. The van der Waals surface area contributed by atoms with Crippen LogP contribution in [-0.2, 0) is 9.59 Å². The highest BCUT2D eigenvalue weighted by Crippen LogP contribution is 2.20. The van der Waals surface area contributed by atoms with Crippen molar-refractivity contribution < 1.29 is 14.4 Å². The number of carbonyl (C=O) groups excluding carboxylic acids is 3. The molecular formula is C10H14N6O3. The lowest BCUT2D eigenvalue weighted by Gasteiger charge is -2.22. The average Bonchev–Trinajstić information content (AvgIpc) is 2.27. The third kappa shape index (κ3) is 3.84. The van der Waals surface area contributed by atoms with Crippen molar-refractivity contribution in [2.24, 2.45) is 17.2 Å². The van der Waals surface area contributed by atoms with Gasteiger partial charge in [0.25, 0.3) is 5.91 Å². The van der Waals surface area contributed by atoms with E-state index in [0.717, 1.165) is 0 Å². The number of pyridine rings is 1. The molecule has 0 unspecified atom stereocenters. The van der Waals surface area contributed by atoms with E-state index in [1.54, 1.807) is 0 Å². The van der Waals surface area contributed by atoms with Crippen molar-refractivity contribution in [3.05, 3.63) is 17.8 Å². The summed E-state index contributed by atoms with van der Waals surface area (Å²) in [6, 6.07) is 2.71. The Kier molecular flexibility index (Phi) is 4.24. The molecular weight excluding hydrogens is 252 g/mol. The molecule has 1 aromatic rings. The fourth-order valence-corrected chi connectivity index (χ4v) is 1.43. The third-order valence-electron chi connectivity index (χ3n) is 2.15. The quantitative estimate of drug-likeness (QED) is 0.444. The predicted octanol–water partition coefficient (Wildman–Crippen LogP) is -2.46. The first-order valence-corrected chi connectivity index (χ1v) is 5.19. The summed E-state index contributed by atoms with van der Waals surface area (Å²) in [6.07, 6.45) is 0. The largest absolute Gasteiger partial charge is 0.396 e. The van der Waals surface area contributed by atoms with E-state index in [1.807, 2.05) is 0 Å². The zero-order valence-electron chi connectivity index (χ0n) is 10.00. The SMILES string of the molecule is NC(=O)CN(CC(N)=O)c1nc(C(N)=O)ccc1N. The summed E-state index contributed by atoms with van der Waals surface area (Å²) in [7, 11) is 0. The Labute approximate surface area is 108 Å². The van der Waals surface area contributed by atoms with Crippen LogP contribution in [0.15, 0.2) is 12.1 Å². The molecule has 9 nitrogen and oxygen atoms in total. The van der Waals surface area contributed by atoms with E-state index in [4.69, 9.17) is 22.9 Å². The molecule has 1 aromatic heterocycles. The third-order valence-corrected chi connectivity index (χ3v) is 2.15. The Bertz CT molecular complexity index is 514. The topological polar surface area (TPSA) is 171 Å². The van der Waals surface area contributed by atoms with Crippen LogP contribution in [-0.4, -0.2) is 35.8 Å². The summed E-state index contributed by atoms with van der Waals surface area (Å²) in [6.45, 7) is -0.634. The Morgan fingerprint density at radius 3 is 2.00 bits per heavy atom. The number of aromatic nitrogens is 1. The smallest absolute Gasteiger partial charge is 0.267 e. The first kappa shape index (κ1) is 14.2. The normalized spacial score (nSPS) is 9.89. The van der Waals surface area contributed by atoms with E-state index in [0.29, 0.717) is 0 Å². The van der Waals surface area contributed by atoms with Crippen molar-refractivity contribution in [3.8, 4) is 0 Å². The van der Waals surface area contributed by atoms with E-state index in [-0.39, 0.29) is 30.3 Å². The van der Waals surface area contributed by atoms with Gasteiger partial charge in [-0.15, -0.1) is 0 Å². The summed E-state index contributed by atoms with van der Waals surface area (Å²) in [5.41, 5.74) is 21.0. The van der Waals surface area contributed by atoms with Crippen LogP contribution in [0.25, 0.3) is 0 Å². The number of anilines is 2. The number of nitrogens with two attached hydrogens (primary N) is 4. The first-order chi connectivity index (χ1) is 8.81. The molecule has 1 heterocycles. The van der Waals surface area contributed by atoms with Crippen molar-refractivity contribution in [1.82, 2.24) is 4.98 Å². The number of hydrogen-bond donors (Lipinski definition) is 4. The van der Waals surface area contributed by atoms with E-state index in [9.17, 15) is 14.4 Å². The molecule has 0 aromatic carbocycles. The van der Waals surface area contributed by atoms with Gasteiger partial charge in [-0.2, -0.15) is 0 Å². The van der Waals surface area contributed by atoms with Crippen molar-refractivity contribution in [2.75, 3.05) is 23.7 Å². The van der Waals surface area contributed by atoms with Gasteiger partial charge in [0.1, 0.15) is 5.69 Å². The summed E-state index contributed by atoms with van der Waals surface area (Å²) in [5.74, 6) is -2.12. The van der Waals surface area contributed by atoms with Crippen LogP contribution in [0.5, 0.6) is 0 Å². The molecule has 8 N–H and O–H groups in total. The van der Waals surface area contributed by atoms with Gasteiger partial charge in [-0.05, 0) is 12.1 Å². The molecule has 102 valence electrons. The molecule has 0 aliphatic rings. The van der Waals surface area contributed by atoms with Gasteiger partial charge in [0.05, 0.1) is 18.8 Å². The molecule has 0 radical (unpaired) electrons. The van der Waals surface area contributed by atoms with Crippen LogP contribution in [0, 0.1) is 0 Å². The number of primary amides is 3. The fraction of sp³-hybridized carbons (Fsp3) is 0.200. The Hall–Kier alpha value is -2.84. The number of rotatable bonds is 6. The molecule has 0 fully saturated rings. The lowest BCUT2D eigenvalue weighted by molar-refractivity contribution is -0.117. The molecule has 0 saturated carbocycles. The predicted molar refractivity (Wildman–Crippen MR) is 67.8 cm³/mol. The minimum Gasteiger partial charge on any atom is -0.396 e. The zero-order chi connectivity index (χ0) is 14.6. The fourth-order valence-electron chi connectivity index (χ4n) is 1.43. The van der Waals surface area contributed by atoms with Crippen LogP contribution >= 0.6 is 0 Å². The van der Waals surface area contributed by atoms with Gasteiger partial charge in [-0.1, -0.05) is 0 Å². The summed E-state index contributed by atoms with van der Waals surface area (Å²) >= 11 is 0. The number of hydrogen-bond acceptors (Lipinski definition) is 6. The van der Waals surface area contributed by atoms with Crippen LogP contribution in [0.3, 0.4) is 0 Å². The van der Waals surface area contributed by atoms with Gasteiger partial charge in [0.15, 0.2) is 5.82 Å². The highest BCUT2D eigenvalue weighted by atomic mass is 16.2. The number of nitrogen functional groups attached to an aromatic ring is 1. The average molecular weight is 266 g/mol. The van der Waals surface area contributed by atoms with Crippen LogP contribution in [0.1, 0.15) is 10.5 Å². The summed E-state index contributed by atoms with van der Waals surface area (Å²) in [4.78, 5) is 38.0. The first-order valence-electron chi connectivity index (χ1n) is 5.19. The molecule has 0 spiro atoms. The number of amides is 3. The standard InChI is InChI=1S/C10H14N6O3/c11-5-1-2-6(9(14)19)15-10(5)16(3-7(12)17)4-8(13)18/h1-2H,3-4,11H2,(H2,12,17)(H2,13,18)(H2,14,19). The van der Waals surface area contributed by atoms with Gasteiger partial charge in [0.2, 0.25) is 11.8 Å². The highest BCUT2D eigenvalue weighted by molar-refractivity contribution is 5.92. The summed E-state index contributed by atoms with van der Waals surface area (Å²) < 4.78 is 0. The Balaban J connectivity index is 3.19. The van der Waals surface area contributed by atoms with Gasteiger partial charge in [-0.25, -0.2) is 4.98 Å². The lowest BCUT2D eigenvalue weighted by atomic mass is 10.3. The number of carbonyl (C=O) groups is 3. The van der Waals surface area contributed by atoms with Gasteiger partial charge < -0.3 is 27.8 Å². The lowest BCUT2D eigenvalue weighted by Crippen LogP contribution is -2.40. The molecule has 0 aliphatic carbocycles. The second-order valence-corrected chi connectivity index (χ2v) is 3.76. The Morgan fingerprint density at radius 1 is 1.05 bits per heavy atom. The molecule has 1 rings (SSSR count). The van der Waals surface area contributed by atoms with E-state index in [2.05, 4.69) is 4.98 Å². The second-order valence-electron chi connectivity index (χ2n) is 3.76. The minimum atomic E-state index is -0.764. The van der Waals surface area contributed by atoms with E-state index in [1.165, 1.54) is 17.0 Å². The van der Waals surface area contributed by atoms with Gasteiger partial charge >= 0.3 is 0 Å². The maximum atomic E-state index is 11.0. The molecule has 19 heavy (non-hydrogen) atoms. The van der Waals surface area contributed by atoms with Crippen molar-refractivity contribution in [3.63, 3.8) is 0 Å². The summed E-state index contributed by atoms with van der Waals surface area (Å²) in [5, 5.41) is 0. The van der Waals surface area contributed by atoms with Crippen LogP contribution in [0.2, 0.25) is 0 Å². The van der Waals surface area contributed by atoms with Gasteiger partial charge in [0, 0.05) is 0 Å². The van der Waals surface area contributed by atoms with E-state index < -0.39 is 17.7 Å². The molecule has 3 amide bonds. The minimum absolute atomic E-state index is 0.0499. The maximum absolute atomic E-state index is 11.0. The van der Waals surface area contributed by atoms with E-state index >= 15 is 0 Å². The van der Waals surface area contributed by atoms with Gasteiger partial charge in [-0.3, -0.25) is 14.4 Å². The molecule has 0 atom stereocenters.